The largest absolute Gasteiger partial charge is 0.486 e. The molecule has 0 spiro atoms. The summed E-state index contributed by atoms with van der Waals surface area (Å²) in [7, 11) is 0. The summed E-state index contributed by atoms with van der Waals surface area (Å²) in [6.45, 7) is 0.972. The molecule has 0 aromatic heterocycles. The molecule has 0 amide bonds. The Hall–Kier alpha value is -1.27. The number of fused-ring (bicyclic) bond motifs is 1. The van der Waals surface area contributed by atoms with Crippen molar-refractivity contribution >= 4 is 21.9 Å². The summed E-state index contributed by atoms with van der Waals surface area (Å²) in [5, 5.41) is 18.6. The number of carboxylic acids is 1. The molecule has 2 N–H and O–H groups in total. The second kappa shape index (κ2) is 5.58. The van der Waals surface area contributed by atoms with E-state index >= 15 is 0 Å². The Morgan fingerprint density at radius 2 is 1.94 bits per heavy atom. The Balaban J connectivity index is 2.19. The fourth-order valence-electron chi connectivity index (χ4n) is 1.75. The molecular formula is C12H13BrO5. The maximum Gasteiger partial charge on any atom is 0.303 e. The third-order valence-electron chi connectivity index (χ3n) is 2.65. The van der Waals surface area contributed by atoms with Crippen molar-refractivity contribution in [3.05, 3.63) is 22.2 Å². The van der Waals surface area contributed by atoms with Gasteiger partial charge in [0, 0.05) is 10.9 Å². The first-order valence-electron chi connectivity index (χ1n) is 5.57. The molecule has 1 aromatic rings. The quantitative estimate of drug-likeness (QED) is 0.889. The zero-order valence-corrected chi connectivity index (χ0v) is 11.1. The highest BCUT2D eigenvalue weighted by molar-refractivity contribution is 9.10. The van der Waals surface area contributed by atoms with Gasteiger partial charge in [-0.05, 0) is 24.1 Å². The molecule has 1 atom stereocenters. The van der Waals surface area contributed by atoms with Crippen LogP contribution in [0.2, 0.25) is 0 Å². The van der Waals surface area contributed by atoms with E-state index in [2.05, 4.69) is 15.9 Å². The Labute approximate surface area is 112 Å². The van der Waals surface area contributed by atoms with Crippen LogP contribution in [0.5, 0.6) is 11.5 Å². The van der Waals surface area contributed by atoms with Crippen molar-refractivity contribution in [2.24, 2.45) is 0 Å². The molecule has 1 unspecified atom stereocenters. The molecule has 1 heterocycles. The lowest BCUT2D eigenvalue weighted by Gasteiger charge is -2.21. The summed E-state index contributed by atoms with van der Waals surface area (Å²) in [6, 6.07) is 3.42. The van der Waals surface area contributed by atoms with Crippen molar-refractivity contribution in [3.8, 4) is 11.5 Å². The molecule has 0 saturated carbocycles. The monoisotopic (exact) mass is 316 g/mol. The van der Waals surface area contributed by atoms with Crippen LogP contribution in [0.1, 0.15) is 24.5 Å². The predicted octanol–water partition coefficient (Wildman–Crippen LogP) is 2.12. The van der Waals surface area contributed by atoms with Gasteiger partial charge in [-0.25, -0.2) is 0 Å². The molecule has 0 fully saturated rings. The summed E-state index contributed by atoms with van der Waals surface area (Å²) in [6.07, 6.45) is -0.762. The minimum absolute atomic E-state index is 0.0813. The van der Waals surface area contributed by atoms with E-state index < -0.39 is 12.1 Å². The number of hydrogen-bond acceptors (Lipinski definition) is 4. The van der Waals surface area contributed by atoms with Gasteiger partial charge >= 0.3 is 5.97 Å². The van der Waals surface area contributed by atoms with Crippen molar-refractivity contribution in [2.45, 2.75) is 18.9 Å². The van der Waals surface area contributed by atoms with Crippen molar-refractivity contribution in [2.75, 3.05) is 13.2 Å². The van der Waals surface area contributed by atoms with Crippen molar-refractivity contribution in [3.63, 3.8) is 0 Å². The number of benzene rings is 1. The van der Waals surface area contributed by atoms with Crippen LogP contribution in [-0.4, -0.2) is 29.4 Å². The SMILES string of the molecule is O=C(O)CCC(O)c1cc2c(cc1Br)OCCO2. The van der Waals surface area contributed by atoms with E-state index in [1.54, 1.807) is 12.1 Å². The first-order valence-corrected chi connectivity index (χ1v) is 6.36. The van der Waals surface area contributed by atoms with Crippen LogP contribution in [0.15, 0.2) is 16.6 Å². The van der Waals surface area contributed by atoms with Gasteiger partial charge in [-0.15, -0.1) is 0 Å². The molecule has 0 saturated heterocycles. The van der Waals surface area contributed by atoms with Crippen LogP contribution in [0.4, 0.5) is 0 Å². The average molecular weight is 317 g/mol. The van der Waals surface area contributed by atoms with Gasteiger partial charge in [0.1, 0.15) is 13.2 Å². The van der Waals surface area contributed by atoms with E-state index in [0.29, 0.717) is 34.7 Å². The number of carbonyl (C=O) groups is 1. The second-order valence-electron chi connectivity index (χ2n) is 3.97. The smallest absolute Gasteiger partial charge is 0.303 e. The van der Waals surface area contributed by atoms with Gasteiger partial charge in [-0.3, -0.25) is 4.79 Å². The molecule has 0 bridgehead atoms. The molecule has 5 nitrogen and oxygen atoms in total. The van der Waals surface area contributed by atoms with Crippen LogP contribution < -0.4 is 9.47 Å². The van der Waals surface area contributed by atoms with E-state index in [1.807, 2.05) is 0 Å². The Kier molecular flexibility index (Phi) is 4.08. The molecule has 1 aromatic carbocycles. The van der Waals surface area contributed by atoms with Gasteiger partial charge in [-0.1, -0.05) is 15.9 Å². The van der Waals surface area contributed by atoms with E-state index in [4.69, 9.17) is 14.6 Å². The molecule has 0 aliphatic carbocycles. The van der Waals surface area contributed by atoms with Gasteiger partial charge in [0.05, 0.1) is 6.10 Å². The molecule has 1 aliphatic heterocycles. The van der Waals surface area contributed by atoms with Crippen LogP contribution in [-0.2, 0) is 4.79 Å². The number of ether oxygens (including phenoxy) is 2. The van der Waals surface area contributed by atoms with E-state index in [9.17, 15) is 9.90 Å². The number of aliphatic carboxylic acids is 1. The lowest BCUT2D eigenvalue weighted by molar-refractivity contribution is -0.137. The number of rotatable bonds is 4. The maximum atomic E-state index is 10.5. The zero-order valence-electron chi connectivity index (χ0n) is 9.56. The second-order valence-corrected chi connectivity index (χ2v) is 4.82. The first-order chi connectivity index (χ1) is 8.58. The maximum absolute atomic E-state index is 10.5. The zero-order chi connectivity index (χ0) is 13.1. The standard InChI is InChI=1S/C12H13BrO5/c13-8-6-11-10(17-3-4-18-11)5-7(8)9(14)1-2-12(15)16/h5-6,9,14H,1-4H2,(H,15,16). The minimum atomic E-state index is -0.928. The Bertz CT molecular complexity index is 460. The van der Waals surface area contributed by atoms with E-state index in [0.717, 1.165) is 0 Å². The number of aliphatic hydroxyl groups is 1. The lowest BCUT2D eigenvalue weighted by Crippen LogP contribution is -2.16. The average Bonchev–Trinajstić information content (AvgIpc) is 2.35. The normalized spacial score (nSPS) is 15.2. The van der Waals surface area contributed by atoms with Crippen LogP contribution in [0.3, 0.4) is 0 Å². The van der Waals surface area contributed by atoms with Gasteiger partial charge in [-0.2, -0.15) is 0 Å². The topological polar surface area (TPSA) is 76.0 Å². The van der Waals surface area contributed by atoms with Gasteiger partial charge < -0.3 is 19.7 Å². The molecule has 2 rings (SSSR count). The molecule has 98 valence electrons. The van der Waals surface area contributed by atoms with Crippen molar-refractivity contribution in [1.29, 1.82) is 0 Å². The molecule has 1 aliphatic rings. The van der Waals surface area contributed by atoms with Crippen LogP contribution in [0, 0.1) is 0 Å². The molecule has 18 heavy (non-hydrogen) atoms. The van der Waals surface area contributed by atoms with Crippen molar-refractivity contribution < 1.29 is 24.5 Å². The summed E-state index contributed by atoms with van der Waals surface area (Å²) in [5.41, 5.74) is 0.612. The summed E-state index contributed by atoms with van der Waals surface area (Å²) >= 11 is 3.34. The van der Waals surface area contributed by atoms with E-state index in [-0.39, 0.29) is 12.8 Å². The van der Waals surface area contributed by atoms with Gasteiger partial charge in [0.15, 0.2) is 11.5 Å². The van der Waals surface area contributed by atoms with Crippen LogP contribution in [0.25, 0.3) is 0 Å². The van der Waals surface area contributed by atoms with Gasteiger partial charge in [0.25, 0.3) is 0 Å². The summed E-state index contributed by atoms with van der Waals surface area (Å²) in [4.78, 5) is 10.5. The summed E-state index contributed by atoms with van der Waals surface area (Å²) < 4.78 is 11.5. The molecule has 0 radical (unpaired) electrons. The molecular weight excluding hydrogens is 304 g/mol. The minimum Gasteiger partial charge on any atom is -0.486 e. The highest BCUT2D eigenvalue weighted by atomic mass is 79.9. The third kappa shape index (κ3) is 2.94. The number of aliphatic hydroxyl groups excluding tert-OH is 1. The predicted molar refractivity (Wildman–Crippen MR) is 67.0 cm³/mol. The van der Waals surface area contributed by atoms with Crippen molar-refractivity contribution in [1.82, 2.24) is 0 Å². The fourth-order valence-corrected chi connectivity index (χ4v) is 2.34. The number of hydrogen-bond donors (Lipinski definition) is 2. The van der Waals surface area contributed by atoms with Gasteiger partial charge in [0.2, 0.25) is 0 Å². The highest BCUT2D eigenvalue weighted by Gasteiger charge is 2.19. The summed E-state index contributed by atoms with van der Waals surface area (Å²) in [5.74, 6) is 0.277. The third-order valence-corrected chi connectivity index (χ3v) is 3.34. The number of carboxylic acid groups (broad SMARTS) is 1. The highest BCUT2D eigenvalue weighted by Crippen LogP contribution is 2.38. The van der Waals surface area contributed by atoms with Crippen LogP contribution >= 0.6 is 15.9 Å². The Morgan fingerprint density at radius 3 is 2.56 bits per heavy atom. The fraction of sp³-hybridized carbons (Fsp3) is 0.417. The Morgan fingerprint density at radius 1 is 1.33 bits per heavy atom. The number of halogens is 1. The first kappa shape index (κ1) is 13.2. The molecule has 6 heteroatoms. The lowest BCUT2D eigenvalue weighted by atomic mass is 10.0. The van der Waals surface area contributed by atoms with E-state index in [1.165, 1.54) is 0 Å².